The molecule has 0 aliphatic rings. The van der Waals surface area contributed by atoms with E-state index in [0.717, 1.165) is 17.7 Å². The summed E-state index contributed by atoms with van der Waals surface area (Å²) in [5.74, 6) is 0.907. The van der Waals surface area contributed by atoms with Crippen LogP contribution in [0.4, 0.5) is 0 Å². The SMILES string of the molecule is COc1ccccc1CC(Cl)c1cccs1. The topological polar surface area (TPSA) is 9.23 Å². The van der Waals surface area contributed by atoms with Crippen LogP contribution in [0.25, 0.3) is 0 Å². The minimum absolute atomic E-state index is 0.0244. The van der Waals surface area contributed by atoms with Gasteiger partial charge in [-0.15, -0.1) is 22.9 Å². The Morgan fingerprint density at radius 3 is 2.75 bits per heavy atom. The van der Waals surface area contributed by atoms with Crippen molar-refractivity contribution < 1.29 is 4.74 Å². The molecular weight excluding hydrogens is 240 g/mol. The third-order valence-corrected chi connectivity index (χ3v) is 3.95. The number of thiophene rings is 1. The van der Waals surface area contributed by atoms with Crippen molar-refractivity contribution in [1.29, 1.82) is 0 Å². The molecule has 0 fully saturated rings. The van der Waals surface area contributed by atoms with Crippen molar-refractivity contribution in [2.45, 2.75) is 11.8 Å². The van der Waals surface area contributed by atoms with Crippen LogP contribution in [0.2, 0.25) is 0 Å². The lowest BCUT2D eigenvalue weighted by Crippen LogP contribution is -1.96. The van der Waals surface area contributed by atoms with Crippen molar-refractivity contribution in [3.8, 4) is 5.75 Å². The van der Waals surface area contributed by atoms with Gasteiger partial charge < -0.3 is 4.74 Å². The number of hydrogen-bond acceptors (Lipinski definition) is 2. The van der Waals surface area contributed by atoms with Crippen LogP contribution >= 0.6 is 22.9 Å². The Balaban J connectivity index is 2.14. The van der Waals surface area contributed by atoms with E-state index in [1.54, 1.807) is 18.4 Å². The summed E-state index contributed by atoms with van der Waals surface area (Å²) in [5.41, 5.74) is 1.15. The molecule has 16 heavy (non-hydrogen) atoms. The first-order valence-electron chi connectivity index (χ1n) is 5.10. The highest BCUT2D eigenvalue weighted by Crippen LogP contribution is 2.31. The molecule has 0 aliphatic carbocycles. The van der Waals surface area contributed by atoms with E-state index < -0.39 is 0 Å². The van der Waals surface area contributed by atoms with E-state index in [1.807, 2.05) is 29.6 Å². The van der Waals surface area contributed by atoms with E-state index in [1.165, 1.54) is 4.88 Å². The average Bonchev–Trinajstić information content (AvgIpc) is 2.83. The maximum atomic E-state index is 6.37. The van der Waals surface area contributed by atoms with Crippen LogP contribution in [0.3, 0.4) is 0 Å². The molecule has 0 spiro atoms. The largest absolute Gasteiger partial charge is 0.496 e. The van der Waals surface area contributed by atoms with Gasteiger partial charge in [-0.2, -0.15) is 0 Å². The van der Waals surface area contributed by atoms with Crippen LogP contribution in [-0.4, -0.2) is 7.11 Å². The number of hydrogen-bond donors (Lipinski definition) is 0. The molecule has 0 radical (unpaired) electrons. The summed E-state index contributed by atoms with van der Waals surface area (Å²) in [4.78, 5) is 1.20. The monoisotopic (exact) mass is 252 g/mol. The first-order chi connectivity index (χ1) is 7.81. The first-order valence-corrected chi connectivity index (χ1v) is 6.42. The summed E-state index contributed by atoms with van der Waals surface area (Å²) in [6.07, 6.45) is 0.798. The summed E-state index contributed by atoms with van der Waals surface area (Å²) in [7, 11) is 1.69. The van der Waals surface area contributed by atoms with E-state index in [9.17, 15) is 0 Å². The van der Waals surface area contributed by atoms with Crippen LogP contribution in [-0.2, 0) is 6.42 Å². The number of alkyl halides is 1. The van der Waals surface area contributed by atoms with Crippen molar-refractivity contribution in [2.75, 3.05) is 7.11 Å². The number of para-hydroxylation sites is 1. The van der Waals surface area contributed by atoms with Crippen molar-refractivity contribution in [3.05, 3.63) is 52.2 Å². The molecule has 1 unspecified atom stereocenters. The standard InChI is InChI=1S/C13H13ClOS/c1-15-12-6-3-2-5-10(12)9-11(14)13-7-4-8-16-13/h2-8,11H,9H2,1H3. The maximum Gasteiger partial charge on any atom is 0.122 e. The van der Waals surface area contributed by atoms with E-state index in [2.05, 4.69) is 12.1 Å². The number of methoxy groups -OCH3 is 1. The molecule has 1 nitrogen and oxygen atoms in total. The van der Waals surface area contributed by atoms with E-state index in [-0.39, 0.29) is 5.38 Å². The first kappa shape index (κ1) is 11.5. The Labute approximate surface area is 105 Å². The predicted molar refractivity (Wildman–Crippen MR) is 69.6 cm³/mol. The lowest BCUT2D eigenvalue weighted by Gasteiger charge is -2.11. The van der Waals surface area contributed by atoms with Gasteiger partial charge in [0.25, 0.3) is 0 Å². The molecule has 1 atom stereocenters. The molecule has 0 saturated heterocycles. The molecule has 1 aromatic carbocycles. The van der Waals surface area contributed by atoms with E-state index in [0.29, 0.717) is 0 Å². The third-order valence-electron chi connectivity index (χ3n) is 2.44. The van der Waals surface area contributed by atoms with Crippen LogP contribution in [0.1, 0.15) is 15.8 Å². The fourth-order valence-electron chi connectivity index (χ4n) is 1.63. The number of benzene rings is 1. The van der Waals surface area contributed by atoms with Crippen molar-refractivity contribution in [2.24, 2.45) is 0 Å². The van der Waals surface area contributed by atoms with Crippen LogP contribution in [0.5, 0.6) is 5.75 Å². The fraction of sp³-hybridized carbons (Fsp3) is 0.231. The highest BCUT2D eigenvalue weighted by Gasteiger charge is 2.12. The van der Waals surface area contributed by atoms with Gasteiger partial charge in [0.1, 0.15) is 5.75 Å². The molecule has 0 bridgehead atoms. The molecule has 2 rings (SSSR count). The third kappa shape index (κ3) is 2.57. The van der Waals surface area contributed by atoms with Crippen LogP contribution in [0.15, 0.2) is 41.8 Å². The zero-order chi connectivity index (χ0) is 11.4. The van der Waals surface area contributed by atoms with Gasteiger partial charge in [0.2, 0.25) is 0 Å². The number of ether oxygens (including phenoxy) is 1. The smallest absolute Gasteiger partial charge is 0.122 e. The van der Waals surface area contributed by atoms with Gasteiger partial charge in [-0.25, -0.2) is 0 Å². The number of rotatable bonds is 4. The van der Waals surface area contributed by atoms with Crippen molar-refractivity contribution in [1.82, 2.24) is 0 Å². The van der Waals surface area contributed by atoms with Gasteiger partial charge in [0.15, 0.2) is 0 Å². The molecule has 0 saturated carbocycles. The quantitative estimate of drug-likeness (QED) is 0.738. The molecule has 0 N–H and O–H groups in total. The van der Waals surface area contributed by atoms with Gasteiger partial charge in [-0.1, -0.05) is 24.3 Å². The molecule has 1 heterocycles. The molecule has 2 aromatic rings. The Kier molecular flexibility index (Phi) is 3.86. The second-order valence-electron chi connectivity index (χ2n) is 3.50. The van der Waals surface area contributed by atoms with Crippen LogP contribution < -0.4 is 4.74 Å². The zero-order valence-electron chi connectivity index (χ0n) is 9.02. The van der Waals surface area contributed by atoms with Crippen molar-refractivity contribution in [3.63, 3.8) is 0 Å². The number of halogens is 1. The minimum atomic E-state index is 0.0244. The molecule has 3 heteroatoms. The van der Waals surface area contributed by atoms with Gasteiger partial charge in [0.05, 0.1) is 12.5 Å². The second kappa shape index (κ2) is 5.37. The highest BCUT2D eigenvalue weighted by atomic mass is 35.5. The Morgan fingerprint density at radius 1 is 1.25 bits per heavy atom. The Hall–Kier alpha value is -0.990. The van der Waals surface area contributed by atoms with E-state index in [4.69, 9.17) is 16.3 Å². The molecule has 84 valence electrons. The molecule has 1 aromatic heterocycles. The predicted octanol–water partition coefficient (Wildman–Crippen LogP) is 4.28. The minimum Gasteiger partial charge on any atom is -0.496 e. The summed E-state index contributed by atoms with van der Waals surface area (Å²) >= 11 is 8.06. The summed E-state index contributed by atoms with van der Waals surface area (Å²) in [5, 5.41) is 2.07. The molecular formula is C13H13ClOS. The summed E-state index contributed by atoms with van der Waals surface area (Å²) in [6, 6.07) is 12.1. The molecule has 0 aliphatic heterocycles. The fourth-order valence-corrected chi connectivity index (χ4v) is 2.73. The van der Waals surface area contributed by atoms with E-state index >= 15 is 0 Å². The zero-order valence-corrected chi connectivity index (χ0v) is 10.6. The Morgan fingerprint density at radius 2 is 2.06 bits per heavy atom. The normalized spacial score (nSPS) is 12.4. The van der Waals surface area contributed by atoms with Gasteiger partial charge >= 0.3 is 0 Å². The summed E-state index contributed by atoms with van der Waals surface area (Å²) < 4.78 is 5.31. The second-order valence-corrected chi connectivity index (χ2v) is 5.01. The summed E-state index contributed by atoms with van der Waals surface area (Å²) in [6.45, 7) is 0. The Bertz CT molecular complexity index is 439. The lowest BCUT2D eigenvalue weighted by molar-refractivity contribution is 0.409. The van der Waals surface area contributed by atoms with Crippen molar-refractivity contribution >= 4 is 22.9 Å². The van der Waals surface area contributed by atoms with Gasteiger partial charge in [-0.3, -0.25) is 0 Å². The van der Waals surface area contributed by atoms with Gasteiger partial charge in [-0.05, 0) is 29.5 Å². The lowest BCUT2D eigenvalue weighted by atomic mass is 10.1. The van der Waals surface area contributed by atoms with Gasteiger partial charge in [0, 0.05) is 4.88 Å². The maximum absolute atomic E-state index is 6.37. The average molecular weight is 253 g/mol. The van der Waals surface area contributed by atoms with Crippen LogP contribution in [0, 0.1) is 0 Å². The molecule has 0 amide bonds. The highest BCUT2D eigenvalue weighted by molar-refractivity contribution is 7.10.